The smallest absolute Gasteiger partial charge is 0.303 e. The fourth-order valence-electron chi connectivity index (χ4n) is 2.93. The van der Waals surface area contributed by atoms with Gasteiger partial charge in [0.15, 0.2) is 0 Å². The highest BCUT2D eigenvalue weighted by Crippen LogP contribution is 2.09. The number of aliphatic hydroxyl groups excluding tert-OH is 1. The standard InChI is InChI=1S/C18H34O2.C7H8O/c1-2-3-4-5-6-7-8-9-10-11-12-13-14-15-16-17-18(19)20;8-6-7-4-2-1-3-5-7/h9-10H,2-8,11-17H2,1H3,(H,19,20);1-5,8H,6H2. The fraction of sp³-hybridized carbons (Fsp3) is 0.640. The molecule has 160 valence electrons. The summed E-state index contributed by atoms with van der Waals surface area (Å²) in [6, 6.07) is 9.52. The van der Waals surface area contributed by atoms with Crippen LogP contribution in [0.2, 0.25) is 0 Å². The molecule has 3 nitrogen and oxygen atoms in total. The molecule has 0 unspecified atom stereocenters. The van der Waals surface area contributed by atoms with E-state index in [0.717, 1.165) is 18.4 Å². The van der Waals surface area contributed by atoms with E-state index in [1.807, 2.05) is 30.3 Å². The van der Waals surface area contributed by atoms with E-state index in [0.29, 0.717) is 6.42 Å². The number of carboxylic acids is 1. The number of aliphatic hydroxyl groups is 1. The molecule has 0 aliphatic heterocycles. The maximum atomic E-state index is 10.3. The number of hydrogen-bond acceptors (Lipinski definition) is 2. The summed E-state index contributed by atoms with van der Waals surface area (Å²) in [6.45, 7) is 2.40. The normalized spacial score (nSPS) is 10.6. The second-order valence-corrected chi connectivity index (χ2v) is 7.37. The first kappa shape index (κ1) is 26.4. The molecule has 0 fully saturated rings. The average Bonchev–Trinajstić information content (AvgIpc) is 2.72. The van der Waals surface area contributed by atoms with Crippen molar-refractivity contribution >= 4 is 5.97 Å². The Kier molecular flexibility index (Phi) is 20.4. The second-order valence-electron chi connectivity index (χ2n) is 7.37. The Bertz CT molecular complexity index is 468. The molecular formula is C25H42O3. The molecule has 1 aromatic rings. The summed E-state index contributed by atoms with van der Waals surface area (Å²) in [5.41, 5.74) is 0.965. The Morgan fingerprint density at radius 3 is 1.75 bits per heavy atom. The van der Waals surface area contributed by atoms with Crippen LogP contribution in [0, 0.1) is 0 Å². The van der Waals surface area contributed by atoms with Crippen molar-refractivity contribution in [3.63, 3.8) is 0 Å². The molecule has 1 rings (SSSR count). The molecule has 0 radical (unpaired) electrons. The van der Waals surface area contributed by atoms with Gasteiger partial charge in [-0.1, -0.05) is 101 Å². The Hall–Kier alpha value is -1.61. The van der Waals surface area contributed by atoms with Crippen LogP contribution in [-0.4, -0.2) is 16.2 Å². The maximum Gasteiger partial charge on any atom is 0.303 e. The third-order valence-corrected chi connectivity index (χ3v) is 4.68. The highest BCUT2D eigenvalue weighted by molar-refractivity contribution is 5.66. The molecule has 0 aliphatic carbocycles. The number of carbonyl (C=O) groups is 1. The van der Waals surface area contributed by atoms with Gasteiger partial charge in [-0.3, -0.25) is 4.79 Å². The van der Waals surface area contributed by atoms with Gasteiger partial charge >= 0.3 is 5.97 Å². The Labute approximate surface area is 172 Å². The molecule has 0 saturated heterocycles. The Morgan fingerprint density at radius 2 is 1.29 bits per heavy atom. The van der Waals surface area contributed by atoms with Crippen LogP contribution in [0.1, 0.15) is 102 Å². The van der Waals surface area contributed by atoms with Gasteiger partial charge in [0.2, 0.25) is 0 Å². The average molecular weight is 391 g/mol. The van der Waals surface area contributed by atoms with Gasteiger partial charge in [0.25, 0.3) is 0 Å². The van der Waals surface area contributed by atoms with Crippen molar-refractivity contribution in [1.29, 1.82) is 0 Å². The lowest BCUT2D eigenvalue weighted by Gasteiger charge is -1.99. The molecule has 2 N–H and O–H groups in total. The number of benzene rings is 1. The molecule has 3 heteroatoms. The fourth-order valence-corrected chi connectivity index (χ4v) is 2.93. The zero-order valence-electron chi connectivity index (χ0n) is 18.0. The minimum atomic E-state index is -0.664. The summed E-state index contributed by atoms with van der Waals surface area (Å²) in [5, 5.41) is 17.0. The van der Waals surface area contributed by atoms with E-state index in [9.17, 15) is 4.79 Å². The number of unbranched alkanes of at least 4 members (excludes halogenated alkanes) is 11. The Morgan fingerprint density at radius 1 is 0.786 bits per heavy atom. The molecule has 0 saturated carbocycles. The van der Waals surface area contributed by atoms with E-state index in [1.165, 1.54) is 70.6 Å². The van der Waals surface area contributed by atoms with E-state index >= 15 is 0 Å². The predicted molar refractivity (Wildman–Crippen MR) is 119 cm³/mol. The van der Waals surface area contributed by atoms with Crippen LogP contribution in [0.3, 0.4) is 0 Å². The molecule has 0 heterocycles. The van der Waals surface area contributed by atoms with Crippen molar-refractivity contribution in [3.05, 3.63) is 48.0 Å². The molecule has 0 aliphatic rings. The van der Waals surface area contributed by atoms with Crippen molar-refractivity contribution in [2.75, 3.05) is 0 Å². The highest BCUT2D eigenvalue weighted by Gasteiger charge is 1.95. The van der Waals surface area contributed by atoms with Gasteiger partial charge in [-0.25, -0.2) is 0 Å². The summed E-state index contributed by atoms with van der Waals surface area (Å²) in [7, 11) is 0. The summed E-state index contributed by atoms with van der Waals surface area (Å²) in [4.78, 5) is 10.3. The molecule has 0 amide bonds. The van der Waals surface area contributed by atoms with Crippen molar-refractivity contribution in [1.82, 2.24) is 0 Å². The number of aliphatic carboxylic acids is 1. The summed E-state index contributed by atoms with van der Waals surface area (Å²) in [5.74, 6) is -0.664. The summed E-state index contributed by atoms with van der Waals surface area (Å²) < 4.78 is 0. The number of rotatable bonds is 16. The topological polar surface area (TPSA) is 57.5 Å². The zero-order valence-corrected chi connectivity index (χ0v) is 18.0. The Balaban J connectivity index is 0.000000749. The quantitative estimate of drug-likeness (QED) is 0.230. The minimum absolute atomic E-state index is 0.140. The van der Waals surface area contributed by atoms with Crippen molar-refractivity contribution in [3.8, 4) is 0 Å². The van der Waals surface area contributed by atoms with Gasteiger partial charge in [0, 0.05) is 6.42 Å². The second kappa shape index (κ2) is 21.7. The van der Waals surface area contributed by atoms with Crippen molar-refractivity contribution < 1.29 is 15.0 Å². The van der Waals surface area contributed by atoms with Gasteiger partial charge in [-0.2, -0.15) is 0 Å². The molecule has 1 aromatic carbocycles. The van der Waals surface area contributed by atoms with E-state index in [2.05, 4.69) is 19.1 Å². The highest BCUT2D eigenvalue weighted by atomic mass is 16.4. The van der Waals surface area contributed by atoms with E-state index < -0.39 is 5.97 Å². The molecule has 0 bridgehead atoms. The van der Waals surface area contributed by atoms with Gasteiger partial charge < -0.3 is 10.2 Å². The zero-order chi connectivity index (χ0) is 20.7. The first-order valence-corrected chi connectivity index (χ1v) is 11.2. The van der Waals surface area contributed by atoms with Crippen LogP contribution >= 0.6 is 0 Å². The van der Waals surface area contributed by atoms with E-state index in [1.54, 1.807) is 0 Å². The van der Waals surface area contributed by atoms with E-state index in [4.69, 9.17) is 10.2 Å². The molecule has 0 atom stereocenters. The first-order valence-electron chi connectivity index (χ1n) is 11.2. The summed E-state index contributed by atoms with van der Waals surface area (Å²) in [6.07, 6.45) is 21.2. The lowest BCUT2D eigenvalue weighted by Crippen LogP contribution is -1.93. The van der Waals surface area contributed by atoms with Crippen molar-refractivity contribution in [2.45, 2.75) is 103 Å². The van der Waals surface area contributed by atoms with E-state index in [-0.39, 0.29) is 6.61 Å². The third kappa shape index (κ3) is 20.7. The first-order chi connectivity index (χ1) is 13.7. The SMILES string of the molecule is CCCCCCCCC=CCCCCCCCC(=O)O.OCc1ccccc1. The lowest BCUT2D eigenvalue weighted by atomic mass is 10.1. The third-order valence-electron chi connectivity index (χ3n) is 4.68. The van der Waals surface area contributed by atoms with Gasteiger partial charge in [0.05, 0.1) is 6.61 Å². The number of allylic oxidation sites excluding steroid dienone is 2. The molecule has 0 spiro atoms. The molecule has 0 aromatic heterocycles. The number of hydrogen-bond donors (Lipinski definition) is 2. The van der Waals surface area contributed by atoms with Gasteiger partial charge in [-0.15, -0.1) is 0 Å². The molecular weight excluding hydrogens is 348 g/mol. The van der Waals surface area contributed by atoms with Gasteiger partial charge in [-0.05, 0) is 37.7 Å². The predicted octanol–water partition coefficient (Wildman–Crippen LogP) is 7.29. The summed E-state index contributed by atoms with van der Waals surface area (Å²) >= 11 is 0. The number of carboxylic acid groups (broad SMARTS) is 1. The van der Waals surface area contributed by atoms with Crippen LogP contribution in [-0.2, 0) is 11.4 Å². The van der Waals surface area contributed by atoms with Crippen LogP contribution in [0.25, 0.3) is 0 Å². The van der Waals surface area contributed by atoms with Gasteiger partial charge in [0.1, 0.15) is 0 Å². The van der Waals surface area contributed by atoms with Crippen LogP contribution in [0.15, 0.2) is 42.5 Å². The van der Waals surface area contributed by atoms with Crippen LogP contribution in [0.5, 0.6) is 0 Å². The van der Waals surface area contributed by atoms with Crippen molar-refractivity contribution in [2.24, 2.45) is 0 Å². The van der Waals surface area contributed by atoms with Crippen LogP contribution < -0.4 is 0 Å². The molecule has 28 heavy (non-hydrogen) atoms. The maximum absolute atomic E-state index is 10.3. The lowest BCUT2D eigenvalue weighted by molar-refractivity contribution is -0.137. The largest absolute Gasteiger partial charge is 0.481 e. The van der Waals surface area contributed by atoms with Crippen LogP contribution in [0.4, 0.5) is 0 Å². The minimum Gasteiger partial charge on any atom is -0.481 e. The monoisotopic (exact) mass is 390 g/mol.